The van der Waals surface area contributed by atoms with Crippen LogP contribution in [0.4, 0.5) is 5.13 Å². The predicted octanol–water partition coefficient (Wildman–Crippen LogP) is 1.27. The Morgan fingerprint density at radius 2 is 2.36 bits per heavy atom. The number of hydrogen-bond acceptors (Lipinski definition) is 7. The Balaban J connectivity index is 1.68. The van der Waals surface area contributed by atoms with Crippen molar-refractivity contribution in [3.63, 3.8) is 0 Å². The standard InChI is InChI=1S/C15H16N6O3S/c1-8-17-20-15(25-8)16-13(22)10-6-21(5-9-3-2-4-24-9)7-11-12(10)18-19-14(11)23/h6-7,9H,2-5H2,1H3,(H,19,23)(H,16,20,22). The van der Waals surface area contributed by atoms with Crippen molar-refractivity contribution in [3.8, 4) is 11.3 Å². The van der Waals surface area contributed by atoms with Crippen LogP contribution in [0.15, 0.2) is 17.2 Å². The molecule has 3 aliphatic rings. The lowest BCUT2D eigenvalue weighted by Gasteiger charge is -2.15. The summed E-state index contributed by atoms with van der Waals surface area (Å²) in [4.78, 5) is 24.7. The average molecular weight is 360 g/mol. The molecular formula is C15H16N6O3S. The van der Waals surface area contributed by atoms with Crippen molar-refractivity contribution in [2.75, 3.05) is 11.9 Å². The first-order valence-electron chi connectivity index (χ1n) is 7.91. The number of pyridine rings is 1. The summed E-state index contributed by atoms with van der Waals surface area (Å²) in [6.45, 7) is 3.13. The molecule has 1 atom stereocenters. The highest BCUT2D eigenvalue weighted by Crippen LogP contribution is 2.23. The number of fused-ring (bicyclic) bond motifs is 1. The number of H-pyrrole nitrogens is 1. The van der Waals surface area contributed by atoms with Gasteiger partial charge in [-0.3, -0.25) is 14.9 Å². The molecule has 130 valence electrons. The van der Waals surface area contributed by atoms with E-state index >= 15 is 0 Å². The second-order valence-electron chi connectivity index (χ2n) is 5.90. The maximum absolute atomic E-state index is 12.7. The van der Waals surface area contributed by atoms with E-state index < -0.39 is 0 Å². The van der Waals surface area contributed by atoms with Gasteiger partial charge in [0, 0.05) is 25.5 Å². The van der Waals surface area contributed by atoms with E-state index in [1.165, 1.54) is 11.3 Å². The Morgan fingerprint density at radius 3 is 3.08 bits per heavy atom. The zero-order valence-corrected chi connectivity index (χ0v) is 14.3. The number of hydrogen-bond donors (Lipinski definition) is 2. The van der Waals surface area contributed by atoms with Gasteiger partial charge >= 0.3 is 0 Å². The number of rotatable bonds is 4. The molecule has 4 heterocycles. The Kier molecular flexibility index (Phi) is 4.06. The van der Waals surface area contributed by atoms with Crippen molar-refractivity contribution in [1.82, 2.24) is 25.0 Å². The van der Waals surface area contributed by atoms with Crippen LogP contribution < -0.4 is 10.9 Å². The number of nitrogens with zero attached hydrogens (tertiary/aromatic N) is 4. The zero-order chi connectivity index (χ0) is 17.4. The van der Waals surface area contributed by atoms with Crippen LogP contribution in [0.2, 0.25) is 0 Å². The molecule has 0 aliphatic carbocycles. The molecule has 10 heteroatoms. The van der Waals surface area contributed by atoms with Gasteiger partial charge in [-0.15, -0.1) is 10.2 Å². The maximum atomic E-state index is 12.7. The summed E-state index contributed by atoms with van der Waals surface area (Å²) in [7, 11) is 0. The van der Waals surface area contributed by atoms with Crippen molar-refractivity contribution in [1.29, 1.82) is 0 Å². The molecule has 0 aromatic carbocycles. The molecule has 1 unspecified atom stereocenters. The minimum absolute atomic E-state index is 0.0891. The molecule has 2 N–H and O–H groups in total. The number of amides is 1. The Labute approximate surface area is 146 Å². The lowest BCUT2D eigenvalue weighted by Crippen LogP contribution is -2.20. The predicted molar refractivity (Wildman–Crippen MR) is 91.0 cm³/mol. The summed E-state index contributed by atoms with van der Waals surface area (Å²) in [6.07, 6.45) is 5.47. The highest BCUT2D eigenvalue weighted by molar-refractivity contribution is 7.15. The van der Waals surface area contributed by atoms with E-state index in [9.17, 15) is 9.59 Å². The normalized spacial score (nSPS) is 17.2. The molecule has 0 spiro atoms. The third kappa shape index (κ3) is 3.17. The van der Waals surface area contributed by atoms with Crippen LogP contribution in [0.25, 0.3) is 11.3 Å². The van der Waals surface area contributed by atoms with Gasteiger partial charge in [0.2, 0.25) is 5.13 Å². The second kappa shape index (κ2) is 6.37. The number of ether oxygens (including phenoxy) is 1. The summed E-state index contributed by atoms with van der Waals surface area (Å²) in [6, 6.07) is 0. The molecule has 1 fully saturated rings. The largest absolute Gasteiger partial charge is 0.376 e. The number of aromatic nitrogens is 5. The van der Waals surface area contributed by atoms with Crippen LogP contribution in [0, 0.1) is 6.92 Å². The van der Waals surface area contributed by atoms with E-state index in [1.807, 2.05) is 4.57 Å². The van der Waals surface area contributed by atoms with Crippen molar-refractivity contribution < 1.29 is 9.53 Å². The van der Waals surface area contributed by atoms with Crippen molar-refractivity contribution in [2.24, 2.45) is 0 Å². The smallest absolute Gasteiger partial charge is 0.275 e. The fourth-order valence-corrected chi connectivity index (χ4v) is 3.48. The van der Waals surface area contributed by atoms with Gasteiger partial charge in [0.15, 0.2) is 0 Å². The quantitative estimate of drug-likeness (QED) is 0.724. The maximum Gasteiger partial charge on any atom is 0.275 e. The van der Waals surface area contributed by atoms with E-state index in [2.05, 4.69) is 25.7 Å². The third-order valence-corrected chi connectivity index (χ3v) is 4.80. The molecule has 1 saturated heterocycles. The molecule has 9 nitrogen and oxygen atoms in total. The number of nitrogens with one attached hydrogen (secondary N) is 2. The van der Waals surface area contributed by atoms with Crippen LogP contribution >= 0.6 is 11.3 Å². The van der Waals surface area contributed by atoms with Gasteiger partial charge in [-0.2, -0.15) is 5.10 Å². The fourth-order valence-electron chi connectivity index (χ4n) is 2.90. The van der Waals surface area contributed by atoms with E-state index in [-0.39, 0.29) is 17.6 Å². The Bertz CT molecular complexity index is 939. The van der Waals surface area contributed by atoms with Crippen LogP contribution in [0.3, 0.4) is 0 Å². The minimum atomic E-state index is -0.380. The Morgan fingerprint density at radius 1 is 1.48 bits per heavy atom. The number of aromatic amines is 1. The molecular weight excluding hydrogens is 344 g/mol. The lowest BCUT2D eigenvalue weighted by atomic mass is 10.1. The molecule has 1 aromatic heterocycles. The lowest BCUT2D eigenvalue weighted by molar-refractivity contribution is 0.0961. The highest BCUT2D eigenvalue weighted by atomic mass is 32.1. The van der Waals surface area contributed by atoms with Gasteiger partial charge in [0.25, 0.3) is 11.5 Å². The highest BCUT2D eigenvalue weighted by Gasteiger charge is 2.24. The van der Waals surface area contributed by atoms with Crippen molar-refractivity contribution >= 4 is 22.4 Å². The minimum Gasteiger partial charge on any atom is -0.376 e. The fraction of sp³-hybridized carbons (Fsp3) is 0.400. The number of aryl methyl sites for hydroxylation is 1. The first-order valence-corrected chi connectivity index (χ1v) is 8.73. The number of carbonyl (C=O) groups is 1. The van der Waals surface area contributed by atoms with Gasteiger partial charge in [0.05, 0.1) is 17.2 Å². The molecule has 4 rings (SSSR count). The van der Waals surface area contributed by atoms with Crippen LogP contribution in [-0.2, 0) is 11.3 Å². The van der Waals surface area contributed by atoms with E-state index in [4.69, 9.17) is 4.74 Å². The van der Waals surface area contributed by atoms with Crippen LogP contribution in [-0.4, -0.2) is 43.6 Å². The molecule has 1 amide bonds. The molecule has 0 saturated carbocycles. The molecule has 0 bridgehead atoms. The molecule has 25 heavy (non-hydrogen) atoms. The summed E-state index contributed by atoms with van der Waals surface area (Å²) in [5.41, 5.74) is 0.700. The van der Waals surface area contributed by atoms with Gasteiger partial charge < -0.3 is 9.30 Å². The summed E-state index contributed by atoms with van der Waals surface area (Å²) >= 11 is 1.28. The van der Waals surface area contributed by atoms with E-state index in [1.54, 1.807) is 19.3 Å². The van der Waals surface area contributed by atoms with Gasteiger partial charge in [-0.05, 0) is 19.8 Å². The number of anilines is 1. The van der Waals surface area contributed by atoms with Crippen molar-refractivity contribution in [3.05, 3.63) is 33.3 Å². The first kappa shape index (κ1) is 15.9. The van der Waals surface area contributed by atoms with Crippen LogP contribution in [0.5, 0.6) is 0 Å². The van der Waals surface area contributed by atoms with E-state index in [0.29, 0.717) is 28.5 Å². The summed E-state index contributed by atoms with van der Waals surface area (Å²) < 4.78 is 7.45. The summed E-state index contributed by atoms with van der Waals surface area (Å²) in [5.74, 6) is -0.380. The second-order valence-corrected chi connectivity index (χ2v) is 7.08. The molecule has 3 aliphatic heterocycles. The Hall–Kier alpha value is -2.59. The van der Waals surface area contributed by atoms with Gasteiger partial charge in [-0.1, -0.05) is 11.3 Å². The van der Waals surface area contributed by atoms with E-state index in [0.717, 1.165) is 24.5 Å². The topological polar surface area (TPSA) is 115 Å². The van der Waals surface area contributed by atoms with Crippen LogP contribution in [0.1, 0.15) is 28.2 Å². The zero-order valence-electron chi connectivity index (χ0n) is 13.5. The summed E-state index contributed by atoms with van der Waals surface area (Å²) in [5, 5.41) is 18.0. The molecule has 0 radical (unpaired) electrons. The SMILES string of the molecule is Cc1nnc(NC(=O)c2cn(CC3CCCO3)cc3c(=O)[nH]nc2-3)s1. The van der Waals surface area contributed by atoms with Gasteiger partial charge in [-0.25, -0.2) is 5.10 Å². The third-order valence-electron chi connectivity index (χ3n) is 4.04. The average Bonchev–Trinajstić information content (AvgIpc) is 3.31. The molecule has 1 aromatic rings. The first-order chi connectivity index (χ1) is 12.1. The van der Waals surface area contributed by atoms with Crippen molar-refractivity contribution in [2.45, 2.75) is 32.4 Å². The van der Waals surface area contributed by atoms with Gasteiger partial charge in [0.1, 0.15) is 10.7 Å². The number of carbonyl (C=O) groups excluding carboxylic acids is 1. The monoisotopic (exact) mass is 360 g/mol.